The Bertz CT molecular complexity index is 514. The second-order valence-corrected chi connectivity index (χ2v) is 5.27. The lowest BCUT2D eigenvalue weighted by molar-refractivity contribution is 0.0939. The topological polar surface area (TPSA) is 62.2 Å². The molecule has 1 amide bonds. The molecule has 0 saturated heterocycles. The molecular formula is C16H20N2O2. The first-order chi connectivity index (χ1) is 9.70. The van der Waals surface area contributed by atoms with E-state index in [9.17, 15) is 4.79 Å². The van der Waals surface area contributed by atoms with Gasteiger partial charge in [0.25, 0.3) is 5.91 Å². The molecule has 0 radical (unpaired) electrons. The molecule has 0 aromatic carbocycles. The first kappa shape index (κ1) is 14.5. The molecule has 4 nitrogen and oxygen atoms in total. The van der Waals surface area contributed by atoms with Crippen LogP contribution in [0.3, 0.4) is 0 Å². The molecule has 1 aromatic rings. The Balaban J connectivity index is 1.89. The summed E-state index contributed by atoms with van der Waals surface area (Å²) in [5.74, 6) is 6.45. The van der Waals surface area contributed by atoms with Gasteiger partial charge in [-0.25, -0.2) is 4.98 Å². The van der Waals surface area contributed by atoms with Gasteiger partial charge >= 0.3 is 0 Å². The van der Waals surface area contributed by atoms with Gasteiger partial charge in [0.2, 0.25) is 0 Å². The molecule has 1 aliphatic rings. The molecule has 2 atom stereocenters. The van der Waals surface area contributed by atoms with Gasteiger partial charge in [0, 0.05) is 18.3 Å². The predicted octanol–water partition coefficient (Wildman–Crippen LogP) is 1.59. The Morgan fingerprint density at radius 1 is 1.50 bits per heavy atom. The van der Waals surface area contributed by atoms with Crippen LogP contribution in [-0.4, -0.2) is 29.1 Å². The summed E-state index contributed by atoms with van der Waals surface area (Å²) in [4.78, 5) is 16.1. The lowest BCUT2D eigenvalue weighted by atomic mass is 9.98. The lowest BCUT2D eigenvalue weighted by Gasteiger charge is -2.15. The van der Waals surface area contributed by atoms with Gasteiger partial charge in [0.15, 0.2) is 0 Å². The summed E-state index contributed by atoms with van der Waals surface area (Å²) in [7, 11) is 0. The Kier molecular flexibility index (Phi) is 5.14. The lowest BCUT2D eigenvalue weighted by Crippen LogP contribution is -2.30. The van der Waals surface area contributed by atoms with Crippen molar-refractivity contribution in [2.75, 3.05) is 13.2 Å². The predicted molar refractivity (Wildman–Crippen MR) is 77.0 cm³/mol. The van der Waals surface area contributed by atoms with Crippen LogP contribution in [0.15, 0.2) is 18.3 Å². The summed E-state index contributed by atoms with van der Waals surface area (Å²) in [6, 6.07) is 3.40. The average molecular weight is 272 g/mol. The molecular weight excluding hydrogens is 252 g/mol. The molecule has 0 bridgehead atoms. The highest BCUT2D eigenvalue weighted by molar-refractivity contribution is 5.92. The quantitative estimate of drug-likeness (QED) is 0.821. The number of nitrogens with zero attached hydrogens (tertiary/aromatic N) is 1. The van der Waals surface area contributed by atoms with Crippen LogP contribution in [0.4, 0.5) is 0 Å². The molecule has 1 aliphatic carbocycles. The Morgan fingerprint density at radius 3 is 2.95 bits per heavy atom. The van der Waals surface area contributed by atoms with E-state index in [0.717, 1.165) is 6.54 Å². The molecule has 1 aromatic heterocycles. The van der Waals surface area contributed by atoms with Crippen LogP contribution in [0.25, 0.3) is 0 Å². The van der Waals surface area contributed by atoms with Gasteiger partial charge in [-0.2, -0.15) is 0 Å². The van der Waals surface area contributed by atoms with Gasteiger partial charge in [-0.1, -0.05) is 31.6 Å². The number of carbonyl (C=O) groups is 1. The van der Waals surface area contributed by atoms with E-state index in [4.69, 9.17) is 5.11 Å². The minimum Gasteiger partial charge on any atom is -0.384 e. The standard InChI is InChI=1S/C16H20N2O2/c1-12-4-2-6-14(12)11-18-16(20)15-8-7-13(10-17-15)5-3-9-19/h7-8,10,12,14,19H,2,4,6,9,11H2,1H3,(H,18,20). The third kappa shape index (κ3) is 3.82. The number of carbonyl (C=O) groups excluding carboxylic acids is 1. The van der Waals surface area contributed by atoms with E-state index in [-0.39, 0.29) is 12.5 Å². The van der Waals surface area contributed by atoms with Gasteiger partial charge < -0.3 is 10.4 Å². The molecule has 1 fully saturated rings. The van der Waals surface area contributed by atoms with Crippen LogP contribution in [-0.2, 0) is 0 Å². The molecule has 1 heterocycles. The first-order valence-corrected chi connectivity index (χ1v) is 7.04. The monoisotopic (exact) mass is 272 g/mol. The zero-order valence-electron chi connectivity index (χ0n) is 11.7. The summed E-state index contributed by atoms with van der Waals surface area (Å²) in [5.41, 5.74) is 1.10. The van der Waals surface area contributed by atoms with Crippen molar-refractivity contribution in [3.05, 3.63) is 29.6 Å². The first-order valence-electron chi connectivity index (χ1n) is 7.04. The SMILES string of the molecule is CC1CCCC1CNC(=O)c1ccc(C#CCO)cn1. The summed E-state index contributed by atoms with van der Waals surface area (Å²) >= 11 is 0. The van der Waals surface area contributed by atoms with Crippen LogP contribution < -0.4 is 5.32 Å². The van der Waals surface area contributed by atoms with Crippen molar-refractivity contribution in [3.63, 3.8) is 0 Å². The number of hydrogen-bond acceptors (Lipinski definition) is 3. The highest BCUT2D eigenvalue weighted by Crippen LogP contribution is 2.30. The smallest absolute Gasteiger partial charge is 0.269 e. The van der Waals surface area contributed by atoms with Gasteiger partial charge in [-0.15, -0.1) is 0 Å². The van der Waals surface area contributed by atoms with Gasteiger partial charge in [0.1, 0.15) is 12.3 Å². The molecule has 2 rings (SSSR count). The molecule has 4 heteroatoms. The summed E-state index contributed by atoms with van der Waals surface area (Å²) in [5, 5.41) is 11.6. The van der Waals surface area contributed by atoms with E-state index in [1.165, 1.54) is 19.3 Å². The third-order valence-electron chi connectivity index (χ3n) is 3.87. The second kappa shape index (κ2) is 7.06. The van der Waals surface area contributed by atoms with Crippen molar-refractivity contribution in [2.45, 2.75) is 26.2 Å². The van der Waals surface area contributed by atoms with Gasteiger partial charge in [-0.3, -0.25) is 4.79 Å². The summed E-state index contributed by atoms with van der Waals surface area (Å²) in [6.45, 7) is 2.80. The Hall–Kier alpha value is -1.86. The number of pyridine rings is 1. The normalized spacial score (nSPS) is 21.1. The van der Waals surface area contributed by atoms with E-state index in [0.29, 0.717) is 23.1 Å². The Morgan fingerprint density at radius 2 is 2.35 bits per heavy atom. The number of aromatic nitrogens is 1. The number of amides is 1. The van der Waals surface area contributed by atoms with E-state index in [1.54, 1.807) is 18.3 Å². The maximum Gasteiger partial charge on any atom is 0.269 e. The van der Waals surface area contributed by atoms with Crippen LogP contribution in [0.5, 0.6) is 0 Å². The number of nitrogens with one attached hydrogen (secondary N) is 1. The average Bonchev–Trinajstić information content (AvgIpc) is 2.88. The van der Waals surface area contributed by atoms with Crippen LogP contribution in [0, 0.1) is 23.7 Å². The van der Waals surface area contributed by atoms with Crippen LogP contribution in [0.1, 0.15) is 42.2 Å². The molecule has 2 N–H and O–H groups in total. The number of aliphatic hydroxyl groups excluding tert-OH is 1. The number of aliphatic hydroxyl groups is 1. The van der Waals surface area contributed by atoms with Gasteiger partial charge in [0.05, 0.1) is 0 Å². The minimum atomic E-state index is -0.179. The van der Waals surface area contributed by atoms with Crippen molar-refractivity contribution < 1.29 is 9.90 Å². The summed E-state index contributed by atoms with van der Waals surface area (Å²) < 4.78 is 0. The molecule has 1 saturated carbocycles. The van der Waals surface area contributed by atoms with E-state index >= 15 is 0 Å². The fraction of sp³-hybridized carbons (Fsp3) is 0.500. The van der Waals surface area contributed by atoms with Crippen molar-refractivity contribution in [1.82, 2.24) is 10.3 Å². The van der Waals surface area contributed by atoms with Crippen molar-refractivity contribution in [1.29, 1.82) is 0 Å². The third-order valence-corrected chi connectivity index (χ3v) is 3.87. The van der Waals surface area contributed by atoms with Gasteiger partial charge in [-0.05, 0) is 30.4 Å². The van der Waals surface area contributed by atoms with Crippen molar-refractivity contribution >= 4 is 5.91 Å². The molecule has 20 heavy (non-hydrogen) atoms. The minimum absolute atomic E-state index is 0.134. The van der Waals surface area contributed by atoms with Crippen LogP contribution >= 0.6 is 0 Å². The Labute approximate surface area is 119 Å². The molecule has 106 valence electrons. The highest BCUT2D eigenvalue weighted by Gasteiger charge is 2.23. The largest absolute Gasteiger partial charge is 0.384 e. The fourth-order valence-corrected chi connectivity index (χ4v) is 2.58. The molecule has 2 unspecified atom stereocenters. The zero-order chi connectivity index (χ0) is 14.4. The maximum atomic E-state index is 12.0. The van der Waals surface area contributed by atoms with Crippen LogP contribution in [0.2, 0.25) is 0 Å². The number of hydrogen-bond donors (Lipinski definition) is 2. The molecule has 0 aliphatic heterocycles. The maximum absolute atomic E-state index is 12.0. The zero-order valence-corrected chi connectivity index (χ0v) is 11.7. The van der Waals surface area contributed by atoms with E-state index < -0.39 is 0 Å². The molecule has 0 spiro atoms. The number of rotatable bonds is 3. The van der Waals surface area contributed by atoms with E-state index in [1.807, 2.05) is 0 Å². The summed E-state index contributed by atoms with van der Waals surface area (Å²) in [6.07, 6.45) is 5.27. The fourth-order valence-electron chi connectivity index (χ4n) is 2.58. The van der Waals surface area contributed by atoms with Crippen molar-refractivity contribution in [3.8, 4) is 11.8 Å². The van der Waals surface area contributed by atoms with E-state index in [2.05, 4.69) is 29.1 Å². The van der Waals surface area contributed by atoms with Crippen molar-refractivity contribution in [2.24, 2.45) is 11.8 Å². The second-order valence-electron chi connectivity index (χ2n) is 5.27. The highest BCUT2D eigenvalue weighted by atomic mass is 16.2.